The number of hydrogen-bond acceptors (Lipinski definition) is 4. The third-order valence-electron chi connectivity index (χ3n) is 6.51. The third kappa shape index (κ3) is 5.67. The molecule has 1 atom stereocenters. The van der Waals surface area contributed by atoms with Crippen LogP contribution in [0.15, 0.2) is 0 Å². The van der Waals surface area contributed by atoms with Crippen LogP contribution in [-0.4, -0.2) is 85.5 Å². The number of carbonyl (C=O) groups is 2. The molecule has 6 heteroatoms. The van der Waals surface area contributed by atoms with Crippen molar-refractivity contribution in [3.63, 3.8) is 0 Å². The van der Waals surface area contributed by atoms with Crippen LogP contribution in [0.4, 0.5) is 0 Å². The molecule has 1 spiro atoms. The van der Waals surface area contributed by atoms with Gasteiger partial charge in [-0.1, -0.05) is 13.3 Å². The Labute approximate surface area is 164 Å². The number of nitrogens with zero attached hydrogens (tertiary/aromatic N) is 3. The fourth-order valence-corrected chi connectivity index (χ4v) is 4.85. The zero-order valence-electron chi connectivity index (χ0n) is 17.1. The molecule has 0 aliphatic carbocycles. The number of amides is 2. The molecule has 6 nitrogen and oxygen atoms in total. The van der Waals surface area contributed by atoms with Crippen molar-refractivity contribution in [1.29, 1.82) is 0 Å². The minimum Gasteiger partial charge on any atom is -0.379 e. The van der Waals surface area contributed by atoms with Gasteiger partial charge in [0.05, 0.1) is 13.2 Å². The second kappa shape index (κ2) is 9.87. The van der Waals surface area contributed by atoms with Gasteiger partial charge in [0.15, 0.2) is 0 Å². The summed E-state index contributed by atoms with van der Waals surface area (Å²) in [5.74, 6) is 0.613. The monoisotopic (exact) mass is 379 g/mol. The highest BCUT2D eigenvalue weighted by atomic mass is 16.5. The molecule has 0 radical (unpaired) electrons. The lowest BCUT2D eigenvalue weighted by Crippen LogP contribution is -2.55. The van der Waals surface area contributed by atoms with Crippen molar-refractivity contribution in [3.8, 4) is 0 Å². The average molecular weight is 380 g/mol. The Morgan fingerprint density at radius 3 is 2.67 bits per heavy atom. The quantitative estimate of drug-likeness (QED) is 0.680. The number of ether oxygens (including phenoxy) is 1. The molecule has 0 aromatic carbocycles. The van der Waals surface area contributed by atoms with Gasteiger partial charge >= 0.3 is 0 Å². The van der Waals surface area contributed by atoms with Crippen LogP contribution in [-0.2, 0) is 14.3 Å². The topological polar surface area (TPSA) is 53.1 Å². The van der Waals surface area contributed by atoms with E-state index in [-0.39, 0.29) is 5.41 Å². The van der Waals surface area contributed by atoms with Crippen LogP contribution in [0.5, 0.6) is 0 Å². The number of rotatable bonds is 7. The van der Waals surface area contributed by atoms with Crippen molar-refractivity contribution in [1.82, 2.24) is 14.7 Å². The minimum absolute atomic E-state index is 0.139. The fraction of sp³-hybridized carbons (Fsp3) is 0.905. The van der Waals surface area contributed by atoms with Crippen LogP contribution in [0.2, 0.25) is 0 Å². The van der Waals surface area contributed by atoms with E-state index in [0.29, 0.717) is 24.7 Å². The van der Waals surface area contributed by atoms with Gasteiger partial charge in [-0.25, -0.2) is 0 Å². The van der Waals surface area contributed by atoms with Crippen molar-refractivity contribution >= 4 is 11.8 Å². The molecule has 3 fully saturated rings. The molecule has 3 aliphatic heterocycles. The van der Waals surface area contributed by atoms with Crippen molar-refractivity contribution < 1.29 is 14.3 Å². The Bertz CT molecular complexity index is 507. The summed E-state index contributed by atoms with van der Waals surface area (Å²) in [6.07, 6.45) is 7.60. The van der Waals surface area contributed by atoms with E-state index in [2.05, 4.69) is 21.6 Å². The molecule has 3 saturated heterocycles. The maximum Gasteiger partial charge on any atom is 0.222 e. The smallest absolute Gasteiger partial charge is 0.222 e. The van der Waals surface area contributed by atoms with Crippen molar-refractivity contribution in [2.75, 3.05) is 59.0 Å². The maximum absolute atomic E-state index is 12.8. The summed E-state index contributed by atoms with van der Waals surface area (Å²) < 4.78 is 5.38. The molecule has 0 saturated carbocycles. The zero-order valence-corrected chi connectivity index (χ0v) is 17.1. The normalized spacial score (nSPS) is 27.4. The van der Waals surface area contributed by atoms with E-state index >= 15 is 0 Å². The number of piperidine rings is 2. The molecule has 0 aromatic heterocycles. The molecule has 3 rings (SSSR count). The zero-order chi connectivity index (χ0) is 19.1. The van der Waals surface area contributed by atoms with Crippen molar-refractivity contribution in [3.05, 3.63) is 0 Å². The lowest BCUT2D eigenvalue weighted by molar-refractivity contribution is -0.143. The summed E-state index contributed by atoms with van der Waals surface area (Å²) in [5, 5.41) is 0. The highest BCUT2D eigenvalue weighted by Gasteiger charge is 2.42. The first-order chi connectivity index (χ1) is 13.1. The van der Waals surface area contributed by atoms with Gasteiger partial charge < -0.3 is 14.5 Å². The van der Waals surface area contributed by atoms with Crippen LogP contribution in [0.3, 0.4) is 0 Å². The van der Waals surface area contributed by atoms with Gasteiger partial charge in [-0.15, -0.1) is 0 Å². The first-order valence-corrected chi connectivity index (χ1v) is 11.0. The Kier molecular flexibility index (Phi) is 7.53. The fourth-order valence-electron chi connectivity index (χ4n) is 4.85. The highest BCUT2D eigenvalue weighted by Crippen LogP contribution is 2.39. The minimum atomic E-state index is 0.139. The third-order valence-corrected chi connectivity index (χ3v) is 6.51. The highest BCUT2D eigenvalue weighted by molar-refractivity contribution is 5.78. The second-order valence-corrected chi connectivity index (χ2v) is 8.65. The predicted octanol–water partition coefficient (Wildman–Crippen LogP) is 2.13. The number of unbranched alkanes of at least 4 members (excludes halogenated alkanes) is 1. The molecule has 0 unspecified atom stereocenters. The lowest BCUT2D eigenvalue weighted by atomic mass is 9.73. The van der Waals surface area contributed by atoms with E-state index in [1.165, 1.54) is 0 Å². The lowest BCUT2D eigenvalue weighted by Gasteiger charge is -2.48. The van der Waals surface area contributed by atoms with E-state index < -0.39 is 0 Å². The van der Waals surface area contributed by atoms with Crippen LogP contribution >= 0.6 is 0 Å². The molecule has 27 heavy (non-hydrogen) atoms. The predicted molar refractivity (Wildman–Crippen MR) is 105 cm³/mol. The number of morpholine rings is 1. The van der Waals surface area contributed by atoms with E-state index in [1.54, 1.807) is 0 Å². The van der Waals surface area contributed by atoms with Gasteiger partial charge in [0.25, 0.3) is 0 Å². The summed E-state index contributed by atoms with van der Waals surface area (Å²) in [4.78, 5) is 31.6. The Balaban J connectivity index is 1.47. The number of carbonyl (C=O) groups excluding carboxylic acids is 2. The largest absolute Gasteiger partial charge is 0.379 e. The van der Waals surface area contributed by atoms with Gasteiger partial charge in [0.1, 0.15) is 0 Å². The molecular formula is C21H37N3O3. The van der Waals surface area contributed by atoms with Crippen molar-refractivity contribution in [2.24, 2.45) is 5.41 Å². The van der Waals surface area contributed by atoms with Gasteiger partial charge in [-0.3, -0.25) is 14.5 Å². The van der Waals surface area contributed by atoms with Gasteiger partial charge in [0, 0.05) is 57.5 Å². The van der Waals surface area contributed by atoms with Gasteiger partial charge in [-0.2, -0.15) is 0 Å². The SMILES string of the molecule is CCCCN1C[C@@]2(CCCN(C(=O)CCCN3CCOCC3)C2)CCC1=O. The Morgan fingerprint density at radius 2 is 1.89 bits per heavy atom. The average Bonchev–Trinajstić information content (AvgIpc) is 2.70. The summed E-state index contributed by atoms with van der Waals surface area (Å²) in [5.41, 5.74) is 0.139. The Morgan fingerprint density at radius 1 is 1.07 bits per heavy atom. The second-order valence-electron chi connectivity index (χ2n) is 8.65. The molecule has 0 N–H and O–H groups in total. The summed E-state index contributed by atoms with van der Waals surface area (Å²) in [6.45, 7) is 10.2. The standard InChI is InChI=1S/C21H37N3O3/c1-2-3-11-23-17-21(9-7-20(23)26)8-5-12-24(18-21)19(25)6-4-10-22-13-15-27-16-14-22/h2-18H2,1H3/t21-/m1/s1. The first kappa shape index (κ1) is 20.6. The Hall–Kier alpha value is -1.14. The molecule has 3 aliphatic rings. The summed E-state index contributed by atoms with van der Waals surface area (Å²) in [6, 6.07) is 0. The first-order valence-electron chi connectivity index (χ1n) is 11.0. The maximum atomic E-state index is 12.8. The van der Waals surface area contributed by atoms with Crippen LogP contribution < -0.4 is 0 Å². The van der Waals surface area contributed by atoms with E-state index in [0.717, 1.165) is 97.6 Å². The summed E-state index contributed by atoms with van der Waals surface area (Å²) in [7, 11) is 0. The summed E-state index contributed by atoms with van der Waals surface area (Å²) >= 11 is 0. The van der Waals surface area contributed by atoms with Gasteiger partial charge in [-0.05, 0) is 38.6 Å². The number of hydrogen-bond donors (Lipinski definition) is 0. The van der Waals surface area contributed by atoms with E-state index in [1.807, 2.05) is 0 Å². The molecule has 154 valence electrons. The molecule has 2 amide bonds. The van der Waals surface area contributed by atoms with E-state index in [9.17, 15) is 9.59 Å². The van der Waals surface area contributed by atoms with E-state index in [4.69, 9.17) is 4.74 Å². The molecular weight excluding hydrogens is 342 g/mol. The molecule has 0 bridgehead atoms. The molecule has 3 heterocycles. The van der Waals surface area contributed by atoms with Crippen LogP contribution in [0.25, 0.3) is 0 Å². The van der Waals surface area contributed by atoms with Crippen molar-refractivity contribution in [2.45, 2.75) is 58.3 Å². The number of likely N-dealkylation sites (tertiary alicyclic amines) is 2. The van der Waals surface area contributed by atoms with Gasteiger partial charge in [0.2, 0.25) is 11.8 Å². The van der Waals surface area contributed by atoms with Crippen LogP contribution in [0, 0.1) is 5.41 Å². The molecule has 0 aromatic rings. The van der Waals surface area contributed by atoms with Crippen LogP contribution in [0.1, 0.15) is 58.3 Å².